The highest BCUT2D eigenvalue weighted by Crippen LogP contribution is 2.42. The Kier molecular flexibility index (Phi) is 5.85. The van der Waals surface area contributed by atoms with Gasteiger partial charge in [0.15, 0.2) is 0 Å². The minimum Gasteiger partial charge on any atom is -0.395 e. The third-order valence-corrected chi connectivity index (χ3v) is 7.68. The molecule has 1 aromatic carbocycles. The molecule has 2 saturated carbocycles. The van der Waals surface area contributed by atoms with Gasteiger partial charge < -0.3 is 10.0 Å². The number of benzene rings is 1. The second kappa shape index (κ2) is 8.73. The molecule has 1 N–H and O–H groups in total. The third kappa shape index (κ3) is 4.03. The molecule has 2 saturated heterocycles. The minimum atomic E-state index is 0.167. The van der Waals surface area contributed by atoms with Gasteiger partial charge in [-0.1, -0.05) is 36.8 Å². The predicted octanol–water partition coefficient (Wildman–Crippen LogP) is 3.39. The molecule has 2 aliphatic heterocycles. The van der Waals surface area contributed by atoms with E-state index in [0.29, 0.717) is 17.9 Å². The lowest BCUT2D eigenvalue weighted by Gasteiger charge is -2.57. The van der Waals surface area contributed by atoms with Crippen LogP contribution in [0, 0.1) is 23.7 Å². The number of amides is 1. The van der Waals surface area contributed by atoms with E-state index < -0.39 is 0 Å². The number of fused-ring (bicyclic) bond motifs is 1. The smallest absolute Gasteiger partial charge is 0.225 e. The van der Waals surface area contributed by atoms with Crippen LogP contribution >= 0.6 is 0 Å². The van der Waals surface area contributed by atoms with Crippen LogP contribution in [0.15, 0.2) is 24.3 Å². The van der Waals surface area contributed by atoms with Crippen molar-refractivity contribution >= 4 is 5.91 Å². The maximum Gasteiger partial charge on any atom is 0.225 e. The van der Waals surface area contributed by atoms with Crippen molar-refractivity contribution in [1.82, 2.24) is 9.80 Å². The summed E-state index contributed by atoms with van der Waals surface area (Å²) in [7, 11) is 0. The first-order valence-electron chi connectivity index (χ1n) is 12.0. The maximum atomic E-state index is 13.2. The van der Waals surface area contributed by atoms with Gasteiger partial charge in [0.2, 0.25) is 5.91 Å². The van der Waals surface area contributed by atoms with Gasteiger partial charge in [-0.3, -0.25) is 9.69 Å². The summed E-state index contributed by atoms with van der Waals surface area (Å²) in [4.78, 5) is 17.8. The summed E-state index contributed by atoms with van der Waals surface area (Å²) in [5, 5.41) is 10.1. The van der Waals surface area contributed by atoms with E-state index in [2.05, 4.69) is 45.9 Å². The fraction of sp³-hybridized carbons (Fsp3) is 0.654. The number of carbonyl (C=O) groups is 1. The van der Waals surface area contributed by atoms with Crippen LogP contribution in [0.25, 0.3) is 0 Å². The largest absolute Gasteiger partial charge is 0.395 e. The Hall–Kier alpha value is -1.83. The molecule has 2 aliphatic carbocycles. The van der Waals surface area contributed by atoms with Crippen LogP contribution < -0.4 is 0 Å². The second-order valence-electron chi connectivity index (χ2n) is 9.72. The molecule has 0 spiro atoms. The first kappa shape index (κ1) is 20.1. The molecule has 2 heterocycles. The average molecular weight is 407 g/mol. The van der Waals surface area contributed by atoms with Gasteiger partial charge in [0.1, 0.15) is 0 Å². The fourth-order valence-corrected chi connectivity index (χ4v) is 5.77. The van der Waals surface area contributed by atoms with Gasteiger partial charge in [0.25, 0.3) is 0 Å². The number of hydrogen-bond donors (Lipinski definition) is 1. The number of nitrogens with zero attached hydrogens (tertiary/aromatic N) is 2. The summed E-state index contributed by atoms with van der Waals surface area (Å²) < 4.78 is 0. The Morgan fingerprint density at radius 1 is 1.00 bits per heavy atom. The second-order valence-corrected chi connectivity index (χ2v) is 9.72. The molecular weight excluding hydrogens is 372 g/mol. The molecule has 0 bridgehead atoms. The summed E-state index contributed by atoms with van der Waals surface area (Å²) >= 11 is 0. The number of hydrogen-bond acceptors (Lipinski definition) is 3. The van der Waals surface area contributed by atoms with Crippen LogP contribution in [0.3, 0.4) is 0 Å². The number of aliphatic hydroxyl groups is 1. The molecule has 4 fully saturated rings. The Morgan fingerprint density at radius 2 is 1.73 bits per heavy atom. The average Bonchev–Trinajstić information content (AvgIpc) is 3.42. The zero-order valence-electron chi connectivity index (χ0n) is 17.9. The molecule has 4 heteroatoms. The van der Waals surface area contributed by atoms with Crippen LogP contribution in [0.2, 0.25) is 0 Å². The van der Waals surface area contributed by atoms with E-state index in [1.165, 1.54) is 31.2 Å². The highest BCUT2D eigenvalue weighted by Gasteiger charge is 2.49. The maximum absolute atomic E-state index is 13.2. The zero-order valence-corrected chi connectivity index (χ0v) is 17.9. The summed E-state index contributed by atoms with van der Waals surface area (Å²) in [5.41, 5.74) is 2.36. The number of aliphatic hydroxyl groups excluding tert-OH is 1. The van der Waals surface area contributed by atoms with E-state index in [4.69, 9.17) is 0 Å². The van der Waals surface area contributed by atoms with Crippen molar-refractivity contribution in [3.63, 3.8) is 0 Å². The molecule has 1 aromatic rings. The summed E-state index contributed by atoms with van der Waals surface area (Å²) in [6.07, 6.45) is 9.20. The molecule has 3 atom stereocenters. The normalized spacial score (nSPS) is 29.9. The van der Waals surface area contributed by atoms with Gasteiger partial charge >= 0.3 is 0 Å². The quantitative estimate of drug-likeness (QED) is 0.783. The van der Waals surface area contributed by atoms with Crippen molar-refractivity contribution in [3.05, 3.63) is 35.4 Å². The van der Waals surface area contributed by atoms with Crippen LogP contribution in [0.4, 0.5) is 0 Å². The number of carbonyl (C=O) groups excluding carboxylic acids is 1. The van der Waals surface area contributed by atoms with Gasteiger partial charge in [-0.15, -0.1) is 0 Å². The van der Waals surface area contributed by atoms with Crippen LogP contribution in [0.1, 0.15) is 68.4 Å². The molecule has 160 valence electrons. The highest BCUT2D eigenvalue weighted by molar-refractivity contribution is 5.79. The summed E-state index contributed by atoms with van der Waals surface area (Å²) in [6, 6.07) is 9.14. The summed E-state index contributed by atoms with van der Waals surface area (Å²) in [5.74, 6) is 8.16. The van der Waals surface area contributed by atoms with Crippen molar-refractivity contribution in [2.24, 2.45) is 11.8 Å². The predicted molar refractivity (Wildman–Crippen MR) is 118 cm³/mol. The Morgan fingerprint density at radius 3 is 2.43 bits per heavy atom. The lowest BCUT2D eigenvalue weighted by atomic mass is 9.74. The molecule has 0 radical (unpaired) electrons. The van der Waals surface area contributed by atoms with Crippen molar-refractivity contribution < 1.29 is 9.90 Å². The van der Waals surface area contributed by atoms with E-state index in [0.717, 1.165) is 50.9 Å². The van der Waals surface area contributed by atoms with Gasteiger partial charge in [0, 0.05) is 48.5 Å². The van der Waals surface area contributed by atoms with Gasteiger partial charge in [-0.25, -0.2) is 0 Å². The van der Waals surface area contributed by atoms with Crippen molar-refractivity contribution in [2.75, 3.05) is 26.2 Å². The van der Waals surface area contributed by atoms with Gasteiger partial charge in [0.05, 0.1) is 6.61 Å². The lowest BCUT2D eigenvalue weighted by Crippen LogP contribution is -2.68. The SMILES string of the molecule is O=C(C1CCCC1)N1CCCCN2[C@@H](CO)[C@H](c3ccc(C#CC4CC4)cc3)[C@@H]2C1. The van der Waals surface area contributed by atoms with E-state index in [-0.39, 0.29) is 24.5 Å². The van der Waals surface area contributed by atoms with Crippen LogP contribution in [0.5, 0.6) is 0 Å². The number of rotatable bonds is 3. The van der Waals surface area contributed by atoms with E-state index in [1.807, 2.05) is 0 Å². The van der Waals surface area contributed by atoms with Crippen LogP contribution in [-0.4, -0.2) is 59.1 Å². The fourth-order valence-electron chi connectivity index (χ4n) is 5.77. The van der Waals surface area contributed by atoms with Crippen LogP contribution in [-0.2, 0) is 4.79 Å². The molecule has 4 aliphatic rings. The van der Waals surface area contributed by atoms with Crippen molar-refractivity contribution in [1.29, 1.82) is 0 Å². The first-order valence-corrected chi connectivity index (χ1v) is 12.0. The Labute approximate surface area is 180 Å². The topological polar surface area (TPSA) is 43.8 Å². The third-order valence-electron chi connectivity index (χ3n) is 7.68. The molecule has 5 rings (SSSR count). The van der Waals surface area contributed by atoms with E-state index in [9.17, 15) is 9.90 Å². The Balaban J connectivity index is 1.33. The lowest BCUT2D eigenvalue weighted by molar-refractivity contribution is -0.140. The monoisotopic (exact) mass is 406 g/mol. The van der Waals surface area contributed by atoms with Crippen molar-refractivity contribution in [3.8, 4) is 11.8 Å². The first-order chi connectivity index (χ1) is 14.7. The van der Waals surface area contributed by atoms with Crippen molar-refractivity contribution in [2.45, 2.75) is 69.4 Å². The molecule has 0 unspecified atom stereocenters. The standard InChI is InChI=1S/C26H34N2O2/c29-18-24-25(21-13-11-20(12-14-21)10-9-19-7-8-19)23-17-27(15-3-4-16-28(23)24)26(30)22-5-1-2-6-22/h11-14,19,22-25,29H,1-8,15-18H2/t23-,24-,25+/m0/s1. The molecule has 4 nitrogen and oxygen atoms in total. The zero-order chi connectivity index (χ0) is 20.5. The van der Waals surface area contributed by atoms with E-state index in [1.54, 1.807) is 0 Å². The Bertz CT molecular complexity index is 814. The molecule has 0 aromatic heterocycles. The minimum absolute atomic E-state index is 0.167. The highest BCUT2D eigenvalue weighted by atomic mass is 16.3. The molecule has 1 amide bonds. The summed E-state index contributed by atoms with van der Waals surface area (Å²) in [6.45, 7) is 2.91. The van der Waals surface area contributed by atoms with E-state index >= 15 is 0 Å². The van der Waals surface area contributed by atoms with Gasteiger partial charge in [-0.05, 0) is 62.8 Å². The molecule has 30 heavy (non-hydrogen) atoms. The van der Waals surface area contributed by atoms with Gasteiger partial charge in [-0.2, -0.15) is 0 Å². The molecular formula is C26H34N2O2.